The maximum atomic E-state index is 14.0. The Morgan fingerprint density at radius 3 is 2.22 bits per heavy atom. The van der Waals surface area contributed by atoms with Gasteiger partial charge in [-0.25, -0.2) is 4.79 Å². The van der Waals surface area contributed by atoms with Crippen LogP contribution in [-0.4, -0.2) is 72.4 Å². The van der Waals surface area contributed by atoms with Gasteiger partial charge in [-0.05, 0) is 56.0 Å². The molecule has 0 saturated carbocycles. The number of aliphatic hydroxyl groups is 1. The summed E-state index contributed by atoms with van der Waals surface area (Å²) in [6, 6.07) is 19.0. The van der Waals surface area contributed by atoms with Crippen molar-refractivity contribution in [2.24, 2.45) is 5.92 Å². The molecule has 0 amide bonds. The molecule has 2 aromatic carbocycles. The third-order valence-corrected chi connectivity index (χ3v) is 9.32. The minimum atomic E-state index is -0.727. The molecule has 4 heterocycles. The first kappa shape index (κ1) is 28.3. The number of benzene rings is 2. The van der Waals surface area contributed by atoms with Gasteiger partial charge in [0.15, 0.2) is 6.10 Å². The van der Waals surface area contributed by atoms with Crippen molar-refractivity contribution in [1.29, 1.82) is 0 Å². The third-order valence-electron chi connectivity index (χ3n) is 9.32. The van der Waals surface area contributed by atoms with Crippen molar-refractivity contribution in [2.45, 2.75) is 63.5 Å². The van der Waals surface area contributed by atoms with Crippen molar-refractivity contribution >= 4 is 5.97 Å². The molecule has 0 aromatic heterocycles. The first-order chi connectivity index (χ1) is 17.5. The summed E-state index contributed by atoms with van der Waals surface area (Å²) in [4.78, 5) is 16.4. The van der Waals surface area contributed by atoms with Crippen LogP contribution in [0.5, 0.6) is 0 Å². The molecule has 2 unspecified atom stereocenters. The van der Waals surface area contributed by atoms with E-state index in [0.717, 1.165) is 68.3 Å². The van der Waals surface area contributed by atoms with Gasteiger partial charge in [-0.2, -0.15) is 0 Å². The molecule has 1 N–H and O–H groups in total. The summed E-state index contributed by atoms with van der Waals surface area (Å²) in [6.45, 7) is 8.63. The molecule has 0 radical (unpaired) electrons. The molecule has 2 atom stereocenters. The summed E-state index contributed by atoms with van der Waals surface area (Å²) < 4.78 is 7.57. The van der Waals surface area contributed by atoms with Crippen molar-refractivity contribution in [3.05, 3.63) is 71.3 Å². The molecular formula is C31H43BrN2O3. The highest BCUT2D eigenvalue weighted by Gasteiger charge is 2.50. The van der Waals surface area contributed by atoms with E-state index in [1.807, 2.05) is 18.2 Å². The van der Waals surface area contributed by atoms with Crippen LogP contribution in [0.1, 0.15) is 55.7 Å². The number of aliphatic hydroxyl groups excluding tert-OH is 1. The predicted molar refractivity (Wildman–Crippen MR) is 142 cm³/mol. The molecule has 37 heavy (non-hydrogen) atoms. The van der Waals surface area contributed by atoms with Gasteiger partial charge in [0, 0.05) is 31.8 Å². The number of ether oxygens (including phenoxy) is 1. The quantitative estimate of drug-likeness (QED) is 0.365. The van der Waals surface area contributed by atoms with Crippen LogP contribution < -0.4 is 17.0 Å². The number of halogens is 1. The first-order valence-electron chi connectivity index (χ1n) is 14.1. The van der Waals surface area contributed by atoms with Crippen LogP contribution in [0.15, 0.2) is 54.6 Å². The lowest BCUT2D eigenvalue weighted by atomic mass is 9.82. The van der Waals surface area contributed by atoms with Gasteiger partial charge in [0.2, 0.25) is 0 Å². The number of likely N-dealkylation sites (tertiary alicyclic amines) is 1. The number of hydrogen-bond donors (Lipinski definition) is 1. The molecule has 4 aliphatic heterocycles. The number of carbonyl (C=O) groups excluding carboxylic acids is 1. The number of esters is 1. The van der Waals surface area contributed by atoms with Gasteiger partial charge in [0.25, 0.3) is 0 Å². The predicted octanol–water partition coefficient (Wildman–Crippen LogP) is 1.32. The Morgan fingerprint density at radius 2 is 1.59 bits per heavy atom. The molecular weight excluding hydrogens is 528 g/mol. The van der Waals surface area contributed by atoms with E-state index in [4.69, 9.17) is 9.84 Å². The normalized spacial score (nSPS) is 27.2. The Hall–Kier alpha value is -1.73. The minimum Gasteiger partial charge on any atom is -1.00 e. The summed E-state index contributed by atoms with van der Waals surface area (Å²) in [7, 11) is 0. The average Bonchev–Trinajstić information content (AvgIpc) is 2.94. The van der Waals surface area contributed by atoms with Gasteiger partial charge < -0.3 is 31.3 Å². The summed E-state index contributed by atoms with van der Waals surface area (Å²) in [5, 5.41) is 9.17. The van der Waals surface area contributed by atoms with Gasteiger partial charge in [0.05, 0.1) is 19.6 Å². The number of rotatable bonds is 9. The fourth-order valence-electron chi connectivity index (χ4n) is 6.82. The lowest BCUT2D eigenvalue weighted by Gasteiger charge is -2.53. The first-order valence-corrected chi connectivity index (χ1v) is 14.1. The van der Waals surface area contributed by atoms with E-state index in [0.29, 0.717) is 12.3 Å². The van der Waals surface area contributed by atoms with Crippen molar-refractivity contribution in [3.8, 4) is 0 Å². The molecule has 6 heteroatoms. The van der Waals surface area contributed by atoms with Gasteiger partial charge in [0.1, 0.15) is 12.1 Å². The second kappa shape index (κ2) is 12.4. The fourth-order valence-corrected chi connectivity index (χ4v) is 6.82. The zero-order valence-corrected chi connectivity index (χ0v) is 23.9. The van der Waals surface area contributed by atoms with Crippen LogP contribution in [-0.2, 0) is 27.9 Å². The highest BCUT2D eigenvalue weighted by molar-refractivity contribution is 5.82. The Morgan fingerprint density at radius 1 is 0.973 bits per heavy atom. The number of carbonyl (C=O) groups is 1. The smallest absolute Gasteiger partial charge is 0.331 e. The van der Waals surface area contributed by atoms with E-state index >= 15 is 0 Å². The maximum absolute atomic E-state index is 14.0. The number of quaternary nitrogens is 1. The van der Waals surface area contributed by atoms with Crippen LogP contribution in [0.4, 0.5) is 0 Å². The van der Waals surface area contributed by atoms with Crippen molar-refractivity contribution < 1.29 is 36.1 Å². The third kappa shape index (κ3) is 6.13. The van der Waals surface area contributed by atoms with E-state index < -0.39 is 5.54 Å². The van der Waals surface area contributed by atoms with Crippen LogP contribution in [0, 0.1) is 5.92 Å². The molecule has 0 aliphatic carbocycles. The number of nitrogens with zero attached hydrogens (tertiary/aromatic N) is 2. The van der Waals surface area contributed by atoms with Crippen LogP contribution in [0.3, 0.4) is 0 Å². The highest BCUT2D eigenvalue weighted by atomic mass is 79.9. The van der Waals surface area contributed by atoms with Crippen LogP contribution >= 0.6 is 0 Å². The van der Waals surface area contributed by atoms with E-state index in [2.05, 4.69) is 48.2 Å². The van der Waals surface area contributed by atoms with Crippen LogP contribution in [0.25, 0.3) is 0 Å². The molecule has 4 saturated heterocycles. The molecule has 6 rings (SSSR count). The van der Waals surface area contributed by atoms with Crippen molar-refractivity contribution in [3.63, 3.8) is 0 Å². The standard InChI is InChI=1S/C31H43N2O3.BrH/c1-31(28-8-4-2-5-9-28,32-18-6-3-7-19-32)30(35)36-29-24-33(21-15-27(29)16-22-33)20-14-25-10-12-26(13-11-25)17-23-34;/h2,4-5,8-13,27,29,34H,3,6-7,14-24H2,1H3;1H/q+1;/p-1. The summed E-state index contributed by atoms with van der Waals surface area (Å²) in [5.74, 6) is 0.431. The lowest BCUT2D eigenvalue weighted by Crippen LogP contribution is -3.00. The average molecular weight is 572 g/mol. The SMILES string of the molecule is CC(C(=O)OC1C[N+]2(CCc3ccc(CCO)cc3)CCC1CC2)(c1ccccc1)N1CCCCC1.[Br-]. The van der Waals surface area contributed by atoms with Gasteiger partial charge in [-0.15, -0.1) is 0 Å². The number of hydrogen-bond acceptors (Lipinski definition) is 4. The van der Waals surface area contributed by atoms with Gasteiger partial charge in [-0.3, -0.25) is 4.90 Å². The molecule has 4 aliphatic rings. The van der Waals surface area contributed by atoms with Crippen LogP contribution in [0.2, 0.25) is 0 Å². The largest absolute Gasteiger partial charge is 1.00 e. The summed E-state index contributed by atoms with van der Waals surface area (Å²) >= 11 is 0. The Bertz CT molecular complexity index is 1000. The molecule has 5 nitrogen and oxygen atoms in total. The Balaban J connectivity index is 0.00000320. The molecule has 202 valence electrons. The highest BCUT2D eigenvalue weighted by Crippen LogP contribution is 2.39. The summed E-state index contributed by atoms with van der Waals surface area (Å²) in [5.41, 5.74) is 2.86. The Labute approximate surface area is 233 Å². The van der Waals surface area contributed by atoms with Gasteiger partial charge in [-0.1, -0.05) is 61.0 Å². The zero-order valence-electron chi connectivity index (χ0n) is 22.3. The van der Waals surface area contributed by atoms with E-state index in [9.17, 15) is 4.79 Å². The molecule has 0 spiro atoms. The zero-order chi connectivity index (χ0) is 25.0. The van der Waals surface area contributed by atoms with E-state index in [1.165, 1.54) is 30.6 Å². The van der Waals surface area contributed by atoms with E-state index in [1.54, 1.807) is 0 Å². The monoisotopic (exact) mass is 570 g/mol. The number of piperidine rings is 4. The molecule has 2 aromatic rings. The lowest BCUT2D eigenvalue weighted by molar-refractivity contribution is -0.946. The fraction of sp³-hybridized carbons (Fsp3) is 0.581. The van der Waals surface area contributed by atoms with Gasteiger partial charge >= 0.3 is 5.97 Å². The maximum Gasteiger partial charge on any atom is 0.331 e. The topological polar surface area (TPSA) is 49.8 Å². The Kier molecular flexibility index (Phi) is 9.49. The molecule has 4 fully saturated rings. The van der Waals surface area contributed by atoms with Crippen molar-refractivity contribution in [1.82, 2.24) is 4.90 Å². The summed E-state index contributed by atoms with van der Waals surface area (Å²) in [6.07, 6.45) is 7.60. The van der Waals surface area contributed by atoms with E-state index in [-0.39, 0.29) is 35.7 Å². The molecule has 2 bridgehead atoms. The second-order valence-corrected chi connectivity index (χ2v) is 11.5. The second-order valence-electron chi connectivity index (χ2n) is 11.5. The van der Waals surface area contributed by atoms with Crippen molar-refractivity contribution in [2.75, 3.05) is 45.9 Å². The minimum absolute atomic E-state index is 0. The number of fused-ring (bicyclic) bond motifs is 3.